The monoisotopic (exact) mass is 452 g/mol. The molecule has 0 radical (unpaired) electrons. The summed E-state index contributed by atoms with van der Waals surface area (Å²) >= 11 is 2.52. The fraction of sp³-hybridized carbons (Fsp3) is 0.350. The van der Waals surface area contributed by atoms with Gasteiger partial charge < -0.3 is 19.7 Å². The molecule has 0 aliphatic carbocycles. The summed E-state index contributed by atoms with van der Waals surface area (Å²) in [5, 5.41) is 3.21. The fourth-order valence-electron chi connectivity index (χ4n) is 3.04. The van der Waals surface area contributed by atoms with Crippen LogP contribution in [-0.2, 0) is 27.2 Å². The number of ether oxygens (including phenoxy) is 2. The molecule has 30 heavy (non-hydrogen) atoms. The minimum atomic E-state index is -0.497. The van der Waals surface area contributed by atoms with E-state index >= 15 is 0 Å². The molecule has 160 valence electrons. The summed E-state index contributed by atoms with van der Waals surface area (Å²) in [6.07, 6.45) is 0.0305. The van der Waals surface area contributed by atoms with Crippen LogP contribution < -0.4 is 5.32 Å². The maximum atomic E-state index is 13.0. The van der Waals surface area contributed by atoms with Crippen molar-refractivity contribution in [1.29, 1.82) is 0 Å². The van der Waals surface area contributed by atoms with Crippen molar-refractivity contribution in [2.24, 2.45) is 0 Å². The summed E-state index contributed by atoms with van der Waals surface area (Å²) in [4.78, 5) is 40.0. The van der Waals surface area contributed by atoms with Crippen LogP contribution in [0.2, 0.25) is 0 Å². The van der Waals surface area contributed by atoms with E-state index in [4.69, 9.17) is 9.47 Å². The number of fused-ring (bicyclic) bond motifs is 1. The zero-order valence-electron chi connectivity index (χ0n) is 16.5. The summed E-state index contributed by atoms with van der Waals surface area (Å²) in [5.74, 6) is -1.03. The van der Waals surface area contributed by atoms with Crippen molar-refractivity contribution in [3.8, 4) is 0 Å². The molecule has 0 bridgehead atoms. The van der Waals surface area contributed by atoms with Crippen molar-refractivity contribution in [2.75, 3.05) is 31.3 Å². The molecule has 2 amide bonds. The minimum absolute atomic E-state index is 0.102. The number of nitrogens with zero attached hydrogens (tertiary/aromatic N) is 1. The third kappa shape index (κ3) is 5.11. The molecule has 7 nitrogen and oxygen atoms in total. The van der Waals surface area contributed by atoms with Crippen molar-refractivity contribution in [1.82, 2.24) is 4.90 Å². The minimum Gasteiger partial charge on any atom is -0.462 e. The van der Waals surface area contributed by atoms with Gasteiger partial charge in [-0.2, -0.15) is 0 Å². The SMILES string of the molecule is CCOC(=O)c1c(NC(=O)CSc2ccc(F)cc2)sc2c1CCN(C(=O)OC)C2. The molecule has 10 heteroatoms. The van der Waals surface area contributed by atoms with Crippen molar-refractivity contribution in [3.05, 3.63) is 46.1 Å². The van der Waals surface area contributed by atoms with Crippen molar-refractivity contribution >= 4 is 46.1 Å². The number of esters is 1. The number of halogens is 1. The Kier molecular flexibility index (Phi) is 7.33. The number of nitrogens with one attached hydrogen (secondary N) is 1. The van der Waals surface area contributed by atoms with Crippen LogP contribution in [0.1, 0.15) is 27.7 Å². The van der Waals surface area contributed by atoms with Crippen LogP contribution in [0, 0.1) is 5.82 Å². The highest BCUT2D eigenvalue weighted by Gasteiger charge is 2.31. The number of hydrogen-bond donors (Lipinski definition) is 1. The van der Waals surface area contributed by atoms with Crippen LogP contribution in [0.15, 0.2) is 29.2 Å². The number of amides is 2. The standard InChI is InChI=1S/C20H21FN2O5S2/c1-3-28-19(25)17-14-8-9-23(20(26)27-2)10-15(14)30-18(17)22-16(24)11-29-13-6-4-12(21)5-7-13/h4-7H,3,8-11H2,1-2H3,(H,22,24). The molecular weight excluding hydrogens is 431 g/mol. The lowest BCUT2D eigenvalue weighted by atomic mass is 10.0. The number of carbonyl (C=O) groups is 3. The summed E-state index contributed by atoms with van der Waals surface area (Å²) in [6, 6.07) is 5.87. The second-order valence-electron chi connectivity index (χ2n) is 6.36. The highest BCUT2D eigenvalue weighted by Crippen LogP contribution is 2.38. The number of hydrogen-bond acceptors (Lipinski definition) is 7. The molecule has 0 atom stereocenters. The van der Waals surface area contributed by atoms with Gasteiger partial charge in [0.25, 0.3) is 0 Å². The van der Waals surface area contributed by atoms with E-state index < -0.39 is 12.1 Å². The molecule has 0 fully saturated rings. The van der Waals surface area contributed by atoms with Gasteiger partial charge in [-0.15, -0.1) is 23.1 Å². The van der Waals surface area contributed by atoms with Gasteiger partial charge in [-0.25, -0.2) is 14.0 Å². The Labute approximate surface area is 181 Å². The maximum Gasteiger partial charge on any atom is 0.409 e. The average Bonchev–Trinajstić information content (AvgIpc) is 3.09. The third-order valence-electron chi connectivity index (χ3n) is 4.41. The van der Waals surface area contributed by atoms with E-state index in [-0.39, 0.29) is 24.1 Å². The molecule has 0 saturated carbocycles. The van der Waals surface area contributed by atoms with Crippen LogP contribution in [0.3, 0.4) is 0 Å². The molecule has 0 saturated heterocycles. The summed E-state index contributed by atoms with van der Waals surface area (Å²) in [5.41, 5.74) is 1.14. The fourth-order valence-corrected chi connectivity index (χ4v) is 5.00. The van der Waals surface area contributed by atoms with E-state index in [1.54, 1.807) is 24.0 Å². The van der Waals surface area contributed by atoms with Crippen LogP contribution in [0.25, 0.3) is 0 Å². The van der Waals surface area contributed by atoms with Gasteiger partial charge in [0, 0.05) is 16.3 Å². The quantitative estimate of drug-likeness (QED) is 0.528. The third-order valence-corrected chi connectivity index (χ3v) is 6.55. The topological polar surface area (TPSA) is 84.9 Å². The van der Waals surface area contributed by atoms with Crippen molar-refractivity contribution < 1.29 is 28.2 Å². The lowest BCUT2D eigenvalue weighted by molar-refractivity contribution is -0.113. The van der Waals surface area contributed by atoms with Gasteiger partial charge in [0.15, 0.2) is 0 Å². The van der Waals surface area contributed by atoms with E-state index in [9.17, 15) is 18.8 Å². The number of thioether (sulfide) groups is 1. The number of rotatable bonds is 6. The van der Waals surface area contributed by atoms with Gasteiger partial charge in [0.2, 0.25) is 5.91 Å². The number of anilines is 1. The Morgan fingerprint density at radius 1 is 1.27 bits per heavy atom. The summed E-state index contributed by atoms with van der Waals surface area (Å²) < 4.78 is 23.0. The number of benzene rings is 1. The molecule has 0 unspecified atom stereocenters. The van der Waals surface area contributed by atoms with Gasteiger partial charge in [0.05, 0.1) is 31.6 Å². The zero-order chi connectivity index (χ0) is 21.7. The van der Waals surface area contributed by atoms with Crippen molar-refractivity contribution in [2.45, 2.75) is 24.8 Å². The molecule has 1 aromatic carbocycles. The van der Waals surface area contributed by atoms with Gasteiger partial charge in [-0.1, -0.05) is 0 Å². The Balaban J connectivity index is 1.76. The van der Waals surface area contributed by atoms with E-state index in [2.05, 4.69) is 5.32 Å². The Morgan fingerprint density at radius 3 is 2.67 bits per heavy atom. The molecule has 2 aromatic rings. The van der Waals surface area contributed by atoms with Gasteiger partial charge in [-0.3, -0.25) is 4.79 Å². The second-order valence-corrected chi connectivity index (χ2v) is 8.51. The number of methoxy groups -OCH3 is 1. The molecule has 1 N–H and O–H groups in total. The van der Waals surface area contributed by atoms with E-state index in [0.717, 1.165) is 15.3 Å². The Hall–Kier alpha value is -2.59. The summed E-state index contributed by atoms with van der Waals surface area (Å²) in [6.45, 7) is 2.65. The second kappa shape index (κ2) is 9.94. The lowest BCUT2D eigenvalue weighted by Crippen LogP contribution is -2.35. The average molecular weight is 453 g/mol. The molecule has 3 rings (SSSR count). The van der Waals surface area contributed by atoms with Gasteiger partial charge in [-0.05, 0) is 43.2 Å². The molecule has 1 aliphatic rings. The maximum absolute atomic E-state index is 13.0. The molecule has 1 aliphatic heterocycles. The normalized spacial score (nSPS) is 12.8. The highest BCUT2D eigenvalue weighted by atomic mass is 32.2. The zero-order valence-corrected chi connectivity index (χ0v) is 18.2. The first-order valence-electron chi connectivity index (χ1n) is 9.25. The first kappa shape index (κ1) is 22.1. The van der Waals surface area contributed by atoms with E-state index in [1.807, 2.05) is 0 Å². The Morgan fingerprint density at radius 2 is 2.00 bits per heavy atom. The highest BCUT2D eigenvalue weighted by molar-refractivity contribution is 8.00. The van der Waals surface area contributed by atoms with Gasteiger partial charge >= 0.3 is 12.1 Å². The molecule has 2 heterocycles. The largest absolute Gasteiger partial charge is 0.462 e. The van der Waals surface area contributed by atoms with Crippen molar-refractivity contribution in [3.63, 3.8) is 0 Å². The first-order chi connectivity index (χ1) is 14.4. The molecular formula is C20H21FN2O5S2. The number of carbonyl (C=O) groups excluding carboxylic acids is 3. The van der Waals surface area contributed by atoms with E-state index in [0.29, 0.717) is 30.1 Å². The predicted octanol–water partition coefficient (Wildman–Crippen LogP) is 3.92. The predicted molar refractivity (Wildman–Crippen MR) is 113 cm³/mol. The lowest BCUT2D eigenvalue weighted by Gasteiger charge is -2.25. The van der Waals surface area contributed by atoms with E-state index in [1.165, 1.54) is 42.3 Å². The Bertz CT molecular complexity index is 945. The van der Waals surface area contributed by atoms with Crippen LogP contribution in [0.5, 0.6) is 0 Å². The molecule has 0 spiro atoms. The van der Waals surface area contributed by atoms with Crippen LogP contribution in [-0.4, -0.2) is 48.9 Å². The number of thiophene rings is 1. The molecule has 1 aromatic heterocycles. The van der Waals surface area contributed by atoms with Crippen LogP contribution >= 0.6 is 23.1 Å². The smallest absolute Gasteiger partial charge is 0.409 e. The first-order valence-corrected chi connectivity index (χ1v) is 11.1. The van der Waals surface area contributed by atoms with Gasteiger partial charge in [0.1, 0.15) is 10.8 Å². The van der Waals surface area contributed by atoms with Crippen LogP contribution in [0.4, 0.5) is 14.2 Å². The summed E-state index contributed by atoms with van der Waals surface area (Å²) in [7, 11) is 1.32.